The van der Waals surface area contributed by atoms with Gasteiger partial charge < -0.3 is 5.32 Å². The molecule has 0 spiro atoms. The van der Waals surface area contributed by atoms with Gasteiger partial charge in [0.25, 0.3) is 0 Å². The maximum atomic E-state index is 3.56. The first-order chi connectivity index (χ1) is 6.81. The summed E-state index contributed by atoms with van der Waals surface area (Å²) in [7, 11) is 0. The van der Waals surface area contributed by atoms with Gasteiger partial charge >= 0.3 is 0 Å². The zero-order valence-corrected chi connectivity index (χ0v) is 9.63. The zero-order chi connectivity index (χ0) is 9.97. The standard InChI is InChI=1S/C12H24N2/c1-3-11-9-12(11)14-7-4-6-13-10(2)5-8-14/h10-13H,3-9H2,1-2H3. The zero-order valence-electron chi connectivity index (χ0n) is 9.63. The lowest BCUT2D eigenvalue weighted by Crippen LogP contribution is -2.39. The van der Waals surface area contributed by atoms with E-state index in [1.165, 1.54) is 45.3 Å². The van der Waals surface area contributed by atoms with Crippen LogP contribution < -0.4 is 5.32 Å². The van der Waals surface area contributed by atoms with E-state index >= 15 is 0 Å². The summed E-state index contributed by atoms with van der Waals surface area (Å²) in [6.45, 7) is 8.49. The van der Waals surface area contributed by atoms with E-state index in [2.05, 4.69) is 24.1 Å². The van der Waals surface area contributed by atoms with Gasteiger partial charge in [0.15, 0.2) is 0 Å². The van der Waals surface area contributed by atoms with Gasteiger partial charge in [-0.05, 0) is 51.7 Å². The first-order valence-corrected chi connectivity index (χ1v) is 6.28. The summed E-state index contributed by atoms with van der Waals surface area (Å²) in [4.78, 5) is 2.74. The molecule has 1 N–H and O–H groups in total. The van der Waals surface area contributed by atoms with E-state index in [9.17, 15) is 0 Å². The van der Waals surface area contributed by atoms with Crippen LogP contribution in [0, 0.1) is 5.92 Å². The molecule has 2 fully saturated rings. The van der Waals surface area contributed by atoms with Gasteiger partial charge in [0.05, 0.1) is 0 Å². The van der Waals surface area contributed by atoms with Crippen molar-refractivity contribution >= 4 is 0 Å². The van der Waals surface area contributed by atoms with E-state index in [1.807, 2.05) is 0 Å². The molecule has 0 radical (unpaired) electrons. The van der Waals surface area contributed by atoms with Gasteiger partial charge in [-0.15, -0.1) is 0 Å². The first-order valence-electron chi connectivity index (χ1n) is 6.28. The number of hydrogen-bond acceptors (Lipinski definition) is 2. The minimum atomic E-state index is 0.719. The molecular formula is C12H24N2. The SMILES string of the molecule is CCC1CC1N1CCCNC(C)CC1. The number of nitrogens with zero attached hydrogens (tertiary/aromatic N) is 1. The van der Waals surface area contributed by atoms with Crippen molar-refractivity contribution in [3.8, 4) is 0 Å². The van der Waals surface area contributed by atoms with Crippen LogP contribution in [0.25, 0.3) is 0 Å². The summed E-state index contributed by atoms with van der Waals surface area (Å²) in [6.07, 6.45) is 5.51. The van der Waals surface area contributed by atoms with Crippen molar-refractivity contribution in [2.75, 3.05) is 19.6 Å². The molecule has 1 heterocycles. The molecule has 2 aliphatic rings. The van der Waals surface area contributed by atoms with Crippen molar-refractivity contribution in [2.45, 2.75) is 51.6 Å². The molecular weight excluding hydrogens is 172 g/mol. The third kappa shape index (κ3) is 2.48. The molecule has 14 heavy (non-hydrogen) atoms. The number of rotatable bonds is 2. The van der Waals surface area contributed by atoms with E-state index in [0.29, 0.717) is 0 Å². The van der Waals surface area contributed by atoms with Gasteiger partial charge in [-0.1, -0.05) is 13.3 Å². The second-order valence-electron chi connectivity index (χ2n) is 5.00. The molecule has 2 nitrogen and oxygen atoms in total. The van der Waals surface area contributed by atoms with Crippen molar-refractivity contribution in [3.63, 3.8) is 0 Å². The van der Waals surface area contributed by atoms with Crippen LogP contribution in [0.15, 0.2) is 0 Å². The lowest BCUT2D eigenvalue weighted by atomic mass is 10.1. The third-order valence-electron chi connectivity index (χ3n) is 3.84. The van der Waals surface area contributed by atoms with Gasteiger partial charge in [0.2, 0.25) is 0 Å². The Hall–Kier alpha value is -0.0800. The minimum Gasteiger partial charge on any atom is -0.314 e. The normalized spacial score (nSPS) is 40.3. The smallest absolute Gasteiger partial charge is 0.0127 e. The maximum absolute atomic E-state index is 3.56. The Kier molecular flexibility index (Phi) is 3.45. The summed E-state index contributed by atoms with van der Waals surface area (Å²) >= 11 is 0. The van der Waals surface area contributed by atoms with Gasteiger partial charge in [0, 0.05) is 12.1 Å². The van der Waals surface area contributed by atoms with E-state index in [4.69, 9.17) is 0 Å². The van der Waals surface area contributed by atoms with E-state index < -0.39 is 0 Å². The molecule has 2 rings (SSSR count). The fourth-order valence-electron chi connectivity index (χ4n) is 2.65. The van der Waals surface area contributed by atoms with Crippen molar-refractivity contribution in [1.29, 1.82) is 0 Å². The lowest BCUT2D eigenvalue weighted by Gasteiger charge is -2.28. The molecule has 0 aromatic carbocycles. The Bertz CT molecular complexity index is 181. The van der Waals surface area contributed by atoms with E-state index in [-0.39, 0.29) is 0 Å². The molecule has 3 atom stereocenters. The average molecular weight is 196 g/mol. The van der Waals surface area contributed by atoms with Crippen LogP contribution in [-0.4, -0.2) is 36.6 Å². The third-order valence-corrected chi connectivity index (χ3v) is 3.84. The Morgan fingerprint density at radius 3 is 2.93 bits per heavy atom. The van der Waals surface area contributed by atoms with Crippen LogP contribution in [0.3, 0.4) is 0 Å². The summed E-state index contributed by atoms with van der Waals surface area (Å²) in [5.41, 5.74) is 0. The van der Waals surface area contributed by atoms with Crippen molar-refractivity contribution in [2.24, 2.45) is 5.92 Å². The summed E-state index contributed by atoms with van der Waals surface area (Å²) in [5, 5.41) is 3.56. The van der Waals surface area contributed by atoms with Crippen LogP contribution in [-0.2, 0) is 0 Å². The van der Waals surface area contributed by atoms with E-state index in [0.717, 1.165) is 18.0 Å². The van der Waals surface area contributed by atoms with Crippen molar-refractivity contribution in [1.82, 2.24) is 10.2 Å². The molecule has 0 amide bonds. The predicted octanol–water partition coefficient (Wildman–Crippen LogP) is 1.86. The minimum absolute atomic E-state index is 0.719. The summed E-state index contributed by atoms with van der Waals surface area (Å²) < 4.78 is 0. The Morgan fingerprint density at radius 1 is 1.36 bits per heavy atom. The molecule has 0 aromatic rings. The summed E-state index contributed by atoms with van der Waals surface area (Å²) in [5.74, 6) is 1.03. The van der Waals surface area contributed by atoms with Gasteiger partial charge in [-0.3, -0.25) is 4.90 Å². The highest BCUT2D eigenvalue weighted by Crippen LogP contribution is 2.38. The van der Waals surface area contributed by atoms with Crippen LogP contribution in [0.4, 0.5) is 0 Å². The number of nitrogens with one attached hydrogen (secondary N) is 1. The molecule has 3 unspecified atom stereocenters. The van der Waals surface area contributed by atoms with Crippen LogP contribution in [0.5, 0.6) is 0 Å². The van der Waals surface area contributed by atoms with Crippen molar-refractivity contribution in [3.05, 3.63) is 0 Å². The maximum Gasteiger partial charge on any atom is 0.0127 e. The number of hydrogen-bond donors (Lipinski definition) is 1. The Morgan fingerprint density at radius 2 is 2.21 bits per heavy atom. The molecule has 1 aliphatic carbocycles. The highest BCUT2D eigenvalue weighted by atomic mass is 15.2. The predicted molar refractivity (Wildman–Crippen MR) is 60.5 cm³/mol. The lowest BCUT2D eigenvalue weighted by molar-refractivity contribution is 0.218. The van der Waals surface area contributed by atoms with E-state index in [1.54, 1.807) is 0 Å². The summed E-state index contributed by atoms with van der Waals surface area (Å²) in [6, 6.07) is 1.67. The van der Waals surface area contributed by atoms with Crippen LogP contribution in [0.2, 0.25) is 0 Å². The second kappa shape index (κ2) is 4.63. The second-order valence-corrected chi connectivity index (χ2v) is 5.00. The molecule has 2 heteroatoms. The fraction of sp³-hybridized carbons (Fsp3) is 1.00. The Balaban J connectivity index is 1.79. The van der Waals surface area contributed by atoms with Gasteiger partial charge in [0.1, 0.15) is 0 Å². The molecule has 0 aromatic heterocycles. The fourth-order valence-corrected chi connectivity index (χ4v) is 2.65. The van der Waals surface area contributed by atoms with Crippen LogP contribution in [0.1, 0.15) is 39.5 Å². The highest BCUT2D eigenvalue weighted by Gasteiger charge is 2.39. The molecule has 1 saturated heterocycles. The highest BCUT2D eigenvalue weighted by molar-refractivity contribution is 4.94. The van der Waals surface area contributed by atoms with Gasteiger partial charge in [-0.2, -0.15) is 0 Å². The van der Waals surface area contributed by atoms with Crippen molar-refractivity contribution < 1.29 is 0 Å². The Labute approximate surface area is 88.1 Å². The molecule has 1 saturated carbocycles. The first kappa shape index (κ1) is 10.4. The largest absolute Gasteiger partial charge is 0.314 e. The molecule has 1 aliphatic heterocycles. The van der Waals surface area contributed by atoms with Gasteiger partial charge in [-0.25, -0.2) is 0 Å². The molecule has 0 bridgehead atoms. The quantitative estimate of drug-likeness (QED) is 0.725. The van der Waals surface area contributed by atoms with Crippen LogP contribution >= 0.6 is 0 Å². The topological polar surface area (TPSA) is 15.3 Å². The monoisotopic (exact) mass is 196 g/mol. The average Bonchev–Trinajstić information content (AvgIpc) is 2.91. The molecule has 82 valence electrons.